The normalized spacial score (nSPS) is 11.6. The topological polar surface area (TPSA) is 87.3 Å². The largest absolute Gasteiger partial charge is 0.322 e. The Balaban J connectivity index is 2.10. The van der Waals surface area contributed by atoms with Gasteiger partial charge >= 0.3 is 0 Å². The second kappa shape index (κ2) is 9.64. The van der Waals surface area contributed by atoms with Crippen molar-refractivity contribution in [2.45, 2.75) is 32.2 Å². The Morgan fingerprint density at radius 1 is 1.04 bits per heavy atom. The fourth-order valence-corrected chi connectivity index (χ4v) is 3.61. The van der Waals surface area contributed by atoms with Gasteiger partial charge in [0.25, 0.3) is 5.91 Å². The maximum Gasteiger partial charge on any atom is 0.255 e. The van der Waals surface area contributed by atoms with E-state index in [1.165, 1.54) is 24.3 Å². The first-order chi connectivity index (χ1) is 12.8. The van der Waals surface area contributed by atoms with Gasteiger partial charge in [0, 0.05) is 24.3 Å². The Labute approximate surface area is 161 Å². The number of nitrogens with one attached hydrogen (secondary N) is 3. The lowest BCUT2D eigenvalue weighted by atomic mass is 10.1. The summed E-state index contributed by atoms with van der Waals surface area (Å²) in [4.78, 5) is 12.7. The monoisotopic (exact) mass is 389 g/mol. The highest BCUT2D eigenvalue weighted by Crippen LogP contribution is 2.17. The van der Waals surface area contributed by atoms with E-state index in [2.05, 4.69) is 15.4 Å². The van der Waals surface area contributed by atoms with Crippen LogP contribution in [-0.4, -0.2) is 27.4 Å². The van der Waals surface area contributed by atoms with Crippen molar-refractivity contribution in [1.82, 2.24) is 10.0 Å². The van der Waals surface area contributed by atoms with E-state index in [-0.39, 0.29) is 16.7 Å². The minimum absolute atomic E-state index is 0.146. The second-order valence-corrected chi connectivity index (χ2v) is 8.43. The Morgan fingerprint density at radius 2 is 1.70 bits per heavy atom. The predicted molar refractivity (Wildman–Crippen MR) is 108 cm³/mol. The SMILES string of the molecule is CCNCc1ccccc1NC(=O)c1ccc(S(=O)(=O)NCC(C)C)cc1. The second-order valence-electron chi connectivity index (χ2n) is 6.66. The molecule has 0 unspecified atom stereocenters. The molecule has 2 rings (SSSR count). The van der Waals surface area contributed by atoms with Crippen molar-refractivity contribution in [3.8, 4) is 0 Å². The average Bonchev–Trinajstić information content (AvgIpc) is 2.66. The summed E-state index contributed by atoms with van der Waals surface area (Å²) < 4.78 is 27.0. The van der Waals surface area contributed by atoms with Gasteiger partial charge < -0.3 is 10.6 Å². The number of benzene rings is 2. The van der Waals surface area contributed by atoms with Crippen LogP contribution in [0, 0.1) is 5.92 Å². The molecule has 0 heterocycles. The summed E-state index contributed by atoms with van der Waals surface area (Å²) in [6.07, 6.45) is 0. The highest BCUT2D eigenvalue weighted by molar-refractivity contribution is 7.89. The number of sulfonamides is 1. The van der Waals surface area contributed by atoms with Gasteiger partial charge in [-0.1, -0.05) is 39.0 Å². The molecule has 2 aromatic carbocycles. The first-order valence-electron chi connectivity index (χ1n) is 9.03. The van der Waals surface area contributed by atoms with Gasteiger partial charge in [0.15, 0.2) is 0 Å². The molecule has 2 aromatic rings. The molecule has 0 saturated heterocycles. The van der Waals surface area contributed by atoms with Crippen LogP contribution in [0.2, 0.25) is 0 Å². The van der Waals surface area contributed by atoms with Gasteiger partial charge in [0.05, 0.1) is 4.90 Å². The standard InChI is InChI=1S/C20H27N3O3S/c1-4-21-14-17-7-5-6-8-19(17)23-20(24)16-9-11-18(12-10-16)27(25,26)22-13-15(2)3/h5-12,15,21-22H,4,13-14H2,1-3H3,(H,23,24). The quantitative estimate of drug-likeness (QED) is 0.615. The van der Waals surface area contributed by atoms with Crippen molar-refractivity contribution in [2.24, 2.45) is 5.92 Å². The molecule has 0 aliphatic heterocycles. The van der Waals surface area contributed by atoms with Gasteiger partial charge in [-0.15, -0.1) is 0 Å². The lowest BCUT2D eigenvalue weighted by Crippen LogP contribution is -2.27. The predicted octanol–water partition coefficient (Wildman–Crippen LogP) is 2.98. The molecule has 0 atom stereocenters. The zero-order valence-corrected chi connectivity index (χ0v) is 16.8. The Bertz CT molecular complexity index is 862. The van der Waals surface area contributed by atoms with Gasteiger partial charge in [0.2, 0.25) is 10.0 Å². The van der Waals surface area contributed by atoms with Crippen molar-refractivity contribution in [1.29, 1.82) is 0 Å². The van der Waals surface area contributed by atoms with E-state index in [4.69, 9.17) is 0 Å². The molecular weight excluding hydrogens is 362 g/mol. The number of carbonyl (C=O) groups excluding carboxylic acids is 1. The maximum absolute atomic E-state index is 12.5. The van der Waals surface area contributed by atoms with Crippen LogP contribution in [0.15, 0.2) is 53.4 Å². The van der Waals surface area contributed by atoms with Crippen LogP contribution in [0.25, 0.3) is 0 Å². The minimum atomic E-state index is -3.56. The summed E-state index contributed by atoms with van der Waals surface area (Å²) in [6.45, 7) is 7.75. The third-order valence-corrected chi connectivity index (χ3v) is 5.38. The van der Waals surface area contributed by atoms with E-state index in [0.717, 1.165) is 17.8 Å². The van der Waals surface area contributed by atoms with Gasteiger partial charge in [-0.3, -0.25) is 4.79 Å². The molecule has 0 saturated carbocycles. The number of para-hydroxylation sites is 1. The van der Waals surface area contributed by atoms with E-state index in [0.29, 0.717) is 18.7 Å². The first-order valence-corrected chi connectivity index (χ1v) is 10.5. The van der Waals surface area contributed by atoms with Crippen molar-refractivity contribution < 1.29 is 13.2 Å². The number of carbonyl (C=O) groups is 1. The van der Waals surface area contributed by atoms with Crippen molar-refractivity contribution in [3.63, 3.8) is 0 Å². The Morgan fingerprint density at radius 3 is 2.33 bits per heavy atom. The highest BCUT2D eigenvalue weighted by atomic mass is 32.2. The summed E-state index contributed by atoms with van der Waals surface area (Å²) >= 11 is 0. The molecule has 0 aliphatic carbocycles. The van der Waals surface area contributed by atoms with E-state index in [1.54, 1.807) is 0 Å². The summed E-state index contributed by atoms with van der Waals surface area (Å²) in [5.41, 5.74) is 2.12. The summed E-state index contributed by atoms with van der Waals surface area (Å²) in [7, 11) is -3.56. The van der Waals surface area contributed by atoms with E-state index in [9.17, 15) is 13.2 Å². The van der Waals surface area contributed by atoms with Crippen LogP contribution in [-0.2, 0) is 16.6 Å². The van der Waals surface area contributed by atoms with E-state index in [1.807, 2.05) is 45.0 Å². The number of anilines is 1. The third kappa shape index (κ3) is 6.16. The summed E-state index contributed by atoms with van der Waals surface area (Å²) in [5, 5.41) is 6.13. The Hall–Kier alpha value is -2.22. The van der Waals surface area contributed by atoms with Crippen molar-refractivity contribution in [2.75, 3.05) is 18.4 Å². The van der Waals surface area contributed by atoms with Crippen LogP contribution in [0.1, 0.15) is 36.7 Å². The average molecular weight is 390 g/mol. The number of hydrogen-bond acceptors (Lipinski definition) is 4. The number of hydrogen-bond donors (Lipinski definition) is 3. The van der Waals surface area contributed by atoms with Gasteiger partial charge in [-0.25, -0.2) is 13.1 Å². The molecule has 146 valence electrons. The Kier molecular flexibility index (Phi) is 7.53. The molecule has 0 bridgehead atoms. The molecule has 7 heteroatoms. The third-order valence-electron chi connectivity index (χ3n) is 3.94. The molecular formula is C20H27N3O3S. The number of rotatable bonds is 9. The molecule has 27 heavy (non-hydrogen) atoms. The van der Waals surface area contributed by atoms with Crippen LogP contribution in [0.4, 0.5) is 5.69 Å². The molecule has 3 N–H and O–H groups in total. The molecule has 0 spiro atoms. The molecule has 1 amide bonds. The summed E-state index contributed by atoms with van der Waals surface area (Å²) in [5.74, 6) is -0.0647. The van der Waals surface area contributed by atoms with Crippen LogP contribution >= 0.6 is 0 Å². The maximum atomic E-state index is 12.5. The summed E-state index contributed by atoms with van der Waals surface area (Å²) in [6, 6.07) is 13.5. The lowest BCUT2D eigenvalue weighted by Gasteiger charge is -2.12. The zero-order chi connectivity index (χ0) is 19.9. The van der Waals surface area contributed by atoms with Gasteiger partial charge in [-0.2, -0.15) is 0 Å². The van der Waals surface area contributed by atoms with Gasteiger partial charge in [0.1, 0.15) is 0 Å². The van der Waals surface area contributed by atoms with Crippen molar-refractivity contribution in [3.05, 3.63) is 59.7 Å². The minimum Gasteiger partial charge on any atom is -0.322 e. The van der Waals surface area contributed by atoms with Gasteiger partial charge in [-0.05, 0) is 48.4 Å². The van der Waals surface area contributed by atoms with Crippen LogP contribution < -0.4 is 15.4 Å². The molecule has 6 nitrogen and oxygen atoms in total. The van der Waals surface area contributed by atoms with Crippen LogP contribution in [0.5, 0.6) is 0 Å². The fraction of sp³-hybridized carbons (Fsp3) is 0.350. The smallest absolute Gasteiger partial charge is 0.255 e. The lowest BCUT2D eigenvalue weighted by molar-refractivity contribution is 0.102. The fourth-order valence-electron chi connectivity index (χ4n) is 2.40. The van der Waals surface area contributed by atoms with E-state index < -0.39 is 10.0 Å². The molecule has 0 aliphatic rings. The molecule has 0 aromatic heterocycles. The molecule has 0 radical (unpaired) electrons. The highest BCUT2D eigenvalue weighted by Gasteiger charge is 2.15. The zero-order valence-electron chi connectivity index (χ0n) is 16.0. The molecule has 0 fully saturated rings. The van der Waals surface area contributed by atoms with Crippen LogP contribution in [0.3, 0.4) is 0 Å². The van der Waals surface area contributed by atoms with E-state index >= 15 is 0 Å². The first kappa shape index (κ1) is 21.1. The number of amides is 1. The van der Waals surface area contributed by atoms with Crippen molar-refractivity contribution >= 4 is 21.6 Å².